The maximum absolute atomic E-state index is 12.1. The van der Waals surface area contributed by atoms with Crippen LogP contribution in [0.4, 0.5) is 0 Å². The number of rotatable bonds is 2. The van der Waals surface area contributed by atoms with Gasteiger partial charge in [-0.1, -0.05) is 0 Å². The van der Waals surface area contributed by atoms with Crippen LogP contribution >= 0.6 is 0 Å². The molecule has 0 unspecified atom stereocenters. The van der Waals surface area contributed by atoms with E-state index in [-0.39, 0.29) is 11.2 Å². The van der Waals surface area contributed by atoms with E-state index >= 15 is 0 Å². The minimum Gasteiger partial charge on any atom is -0.337 e. The summed E-state index contributed by atoms with van der Waals surface area (Å²) >= 11 is 0. The van der Waals surface area contributed by atoms with Crippen molar-refractivity contribution in [3.63, 3.8) is 0 Å². The van der Waals surface area contributed by atoms with Crippen LogP contribution < -0.4 is 0 Å². The van der Waals surface area contributed by atoms with Crippen molar-refractivity contribution in [2.75, 3.05) is 19.3 Å². The number of likely N-dealkylation sites (tertiary alicyclic amines) is 1. The first-order chi connectivity index (χ1) is 8.88. The van der Waals surface area contributed by atoms with Crippen molar-refractivity contribution in [2.24, 2.45) is 0 Å². The summed E-state index contributed by atoms with van der Waals surface area (Å²) in [5.74, 6) is -0.181. The van der Waals surface area contributed by atoms with Crippen molar-refractivity contribution in [1.29, 1.82) is 0 Å². The minimum absolute atomic E-state index is 0.181. The van der Waals surface area contributed by atoms with Crippen LogP contribution in [0.5, 0.6) is 0 Å². The first-order valence-electron chi connectivity index (χ1n) is 6.14. The monoisotopic (exact) mass is 283 g/mol. The Balaban J connectivity index is 2.02. The zero-order valence-corrected chi connectivity index (χ0v) is 11.9. The zero-order chi connectivity index (χ0) is 14.0. The lowest BCUT2D eigenvalue weighted by Crippen LogP contribution is -2.42. The van der Waals surface area contributed by atoms with Crippen LogP contribution in [0.15, 0.2) is 12.4 Å². The van der Waals surface area contributed by atoms with E-state index in [9.17, 15) is 13.2 Å². The van der Waals surface area contributed by atoms with Gasteiger partial charge in [0, 0.05) is 25.5 Å². The summed E-state index contributed by atoms with van der Waals surface area (Å²) in [6.45, 7) is 2.71. The third kappa shape index (κ3) is 3.28. The van der Waals surface area contributed by atoms with Crippen LogP contribution in [0.2, 0.25) is 0 Å². The van der Waals surface area contributed by atoms with E-state index in [2.05, 4.69) is 9.97 Å². The Kier molecular flexibility index (Phi) is 3.84. The van der Waals surface area contributed by atoms with Crippen molar-refractivity contribution in [2.45, 2.75) is 25.0 Å². The van der Waals surface area contributed by atoms with E-state index in [1.54, 1.807) is 18.0 Å². The molecule has 1 aromatic heterocycles. The van der Waals surface area contributed by atoms with E-state index in [1.807, 2.05) is 0 Å². The SMILES string of the molecule is Cc1cnc(C(=O)N2CCC(S(C)(=O)=O)CC2)cn1. The molecule has 0 bridgehead atoms. The van der Waals surface area contributed by atoms with Crippen LogP contribution in [0.3, 0.4) is 0 Å². The van der Waals surface area contributed by atoms with Gasteiger partial charge >= 0.3 is 0 Å². The van der Waals surface area contributed by atoms with Crippen molar-refractivity contribution in [1.82, 2.24) is 14.9 Å². The van der Waals surface area contributed by atoms with Crippen molar-refractivity contribution >= 4 is 15.7 Å². The Morgan fingerprint density at radius 2 is 1.89 bits per heavy atom. The van der Waals surface area contributed by atoms with E-state index < -0.39 is 9.84 Å². The Morgan fingerprint density at radius 3 is 2.37 bits per heavy atom. The minimum atomic E-state index is -3.01. The molecule has 0 aromatic carbocycles. The van der Waals surface area contributed by atoms with Gasteiger partial charge in [0.1, 0.15) is 15.5 Å². The molecule has 0 saturated carbocycles. The number of carbonyl (C=O) groups excluding carboxylic acids is 1. The maximum Gasteiger partial charge on any atom is 0.274 e. The molecule has 0 N–H and O–H groups in total. The molecule has 1 amide bonds. The van der Waals surface area contributed by atoms with Gasteiger partial charge in [-0.25, -0.2) is 13.4 Å². The smallest absolute Gasteiger partial charge is 0.274 e. The molecule has 0 atom stereocenters. The number of piperidine rings is 1. The summed E-state index contributed by atoms with van der Waals surface area (Å²) in [6.07, 6.45) is 5.24. The predicted molar refractivity (Wildman–Crippen MR) is 70.5 cm³/mol. The highest BCUT2D eigenvalue weighted by Gasteiger charge is 2.29. The first kappa shape index (κ1) is 13.9. The lowest BCUT2D eigenvalue weighted by molar-refractivity contribution is 0.0719. The molecule has 6 nitrogen and oxygen atoms in total. The fraction of sp³-hybridized carbons (Fsp3) is 0.583. The van der Waals surface area contributed by atoms with Crippen molar-refractivity contribution in [3.05, 3.63) is 23.8 Å². The third-order valence-corrected chi connectivity index (χ3v) is 5.02. The number of amides is 1. The normalized spacial score (nSPS) is 17.5. The Morgan fingerprint density at radius 1 is 1.26 bits per heavy atom. The quantitative estimate of drug-likeness (QED) is 0.786. The summed E-state index contributed by atoms with van der Waals surface area (Å²) in [7, 11) is -3.01. The number of sulfone groups is 1. The molecule has 7 heteroatoms. The van der Waals surface area contributed by atoms with Crippen LogP contribution in [0.1, 0.15) is 29.0 Å². The number of carbonyl (C=O) groups is 1. The van der Waals surface area contributed by atoms with Crippen LogP contribution in [0, 0.1) is 6.92 Å². The van der Waals surface area contributed by atoms with Gasteiger partial charge in [0.15, 0.2) is 0 Å². The van der Waals surface area contributed by atoms with Gasteiger partial charge in [0.05, 0.1) is 17.1 Å². The van der Waals surface area contributed by atoms with E-state index in [0.29, 0.717) is 31.6 Å². The molecule has 1 aliphatic heterocycles. The Hall–Kier alpha value is -1.50. The number of aryl methyl sites for hydroxylation is 1. The standard InChI is InChI=1S/C12H17N3O3S/c1-9-7-14-11(8-13-9)12(16)15-5-3-10(4-6-15)19(2,17)18/h7-8,10H,3-6H2,1-2H3. The molecule has 0 aliphatic carbocycles. The highest BCUT2D eigenvalue weighted by atomic mass is 32.2. The van der Waals surface area contributed by atoms with E-state index in [1.165, 1.54) is 12.5 Å². The first-order valence-corrected chi connectivity index (χ1v) is 8.10. The fourth-order valence-electron chi connectivity index (χ4n) is 2.15. The maximum atomic E-state index is 12.1. The molecular weight excluding hydrogens is 266 g/mol. The van der Waals surface area contributed by atoms with Gasteiger partial charge in [-0.3, -0.25) is 9.78 Å². The number of hydrogen-bond donors (Lipinski definition) is 0. The summed E-state index contributed by atoms with van der Waals surface area (Å²) < 4.78 is 22.9. The molecule has 2 rings (SSSR count). The second-order valence-corrected chi connectivity index (χ2v) is 7.19. The van der Waals surface area contributed by atoms with Gasteiger partial charge in [-0.15, -0.1) is 0 Å². The van der Waals surface area contributed by atoms with Gasteiger partial charge < -0.3 is 4.90 Å². The lowest BCUT2D eigenvalue weighted by Gasteiger charge is -2.30. The molecule has 0 spiro atoms. The van der Waals surface area contributed by atoms with Gasteiger partial charge in [0.2, 0.25) is 0 Å². The van der Waals surface area contributed by atoms with Crippen molar-refractivity contribution in [3.8, 4) is 0 Å². The largest absolute Gasteiger partial charge is 0.337 e. The molecule has 104 valence electrons. The summed E-state index contributed by atoms with van der Waals surface area (Å²) in [6, 6.07) is 0. The molecule has 2 heterocycles. The molecule has 1 saturated heterocycles. The highest BCUT2D eigenvalue weighted by molar-refractivity contribution is 7.91. The topological polar surface area (TPSA) is 80.2 Å². The number of hydrogen-bond acceptors (Lipinski definition) is 5. The number of nitrogens with zero attached hydrogens (tertiary/aromatic N) is 3. The molecule has 0 radical (unpaired) electrons. The molecular formula is C12H17N3O3S. The predicted octanol–water partition coefficient (Wildman–Crippen LogP) is 0.434. The van der Waals surface area contributed by atoms with E-state index in [0.717, 1.165) is 5.69 Å². The summed E-state index contributed by atoms with van der Waals surface area (Å²) in [4.78, 5) is 21.9. The Bertz CT molecular complexity index is 560. The number of aromatic nitrogens is 2. The van der Waals surface area contributed by atoms with Crippen molar-refractivity contribution < 1.29 is 13.2 Å². The van der Waals surface area contributed by atoms with Gasteiger partial charge in [-0.05, 0) is 19.8 Å². The van der Waals surface area contributed by atoms with Gasteiger partial charge in [-0.2, -0.15) is 0 Å². The highest BCUT2D eigenvalue weighted by Crippen LogP contribution is 2.18. The van der Waals surface area contributed by atoms with Crippen LogP contribution in [0.25, 0.3) is 0 Å². The lowest BCUT2D eigenvalue weighted by atomic mass is 10.1. The fourth-order valence-corrected chi connectivity index (χ4v) is 3.22. The second kappa shape index (κ2) is 5.24. The Labute approximate surface area is 112 Å². The second-order valence-electron chi connectivity index (χ2n) is 4.86. The third-order valence-electron chi connectivity index (χ3n) is 3.33. The molecule has 1 aliphatic rings. The van der Waals surface area contributed by atoms with Crippen LogP contribution in [-0.2, 0) is 9.84 Å². The average molecular weight is 283 g/mol. The summed E-state index contributed by atoms with van der Waals surface area (Å²) in [5.41, 5.74) is 1.07. The molecule has 1 aromatic rings. The van der Waals surface area contributed by atoms with Gasteiger partial charge in [0.25, 0.3) is 5.91 Å². The zero-order valence-electron chi connectivity index (χ0n) is 11.0. The summed E-state index contributed by atoms with van der Waals surface area (Å²) in [5, 5.41) is -0.333. The molecule has 1 fully saturated rings. The average Bonchev–Trinajstić information content (AvgIpc) is 2.38. The van der Waals surface area contributed by atoms with E-state index in [4.69, 9.17) is 0 Å². The molecule has 19 heavy (non-hydrogen) atoms. The van der Waals surface area contributed by atoms with Crippen LogP contribution in [-0.4, -0.2) is 53.8 Å².